The maximum Gasteiger partial charge on any atom is -0.0187 e. The third-order valence-electron chi connectivity index (χ3n) is 3.19. The molecule has 0 aliphatic rings. The molecule has 1 aromatic carbocycles. The number of hydrogen-bond acceptors (Lipinski definition) is 0. The molecule has 0 aliphatic heterocycles. The molecule has 0 bridgehead atoms. The number of rotatable bonds is 5. The highest BCUT2D eigenvalue weighted by Gasteiger charge is 2.04. The lowest BCUT2D eigenvalue weighted by atomic mass is 9.94. The van der Waals surface area contributed by atoms with Crippen LogP contribution in [0.25, 0.3) is 5.57 Å². The molecule has 1 unspecified atom stereocenters. The molecule has 0 saturated carbocycles. The van der Waals surface area contributed by atoms with Crippen molar-refractivity contribution >= 4 is 5.57 Å². The van der Waals surface area contributed by atoms with Crippen molar-refractivity contribution in [3.8, 4) is 0 Å². The van der Waals surface area contributed by atoms with Gasteiger partial charge in [-0.2, -0.15) is 0 Å². The van der Waals surface area contributed by atoms with Crippen molar-refractivity contribution in [3.05, 3.63) is 53.6 Å². The molecule has 0 N–H and O–H groups in total. The van der Waals surface area contributed by atoms with Crippen LogP contribution in [-0.4, -0.2) is 0 Å². The van der Waals surface area contributed by atoms with Gasteiger partial charge in [0.05, 0.1) is 0 Å². The molecule has 0 heterocycles. The predicted octanol–water partition coefficient (Wildman–Crippen LogP) is 5.57. The van der Waals surface area contributed by atoms with Gasteiger partial charge < -0.3 is 0 Å². The van der Waals surface area contributed by atoms with Gasteiger partial charge in [0.15, 0.2) is 0 Å². The summed E-state index contributed by atoms with van der Waals surface area (Å²) in [5.41, 5.74) is 4.05. The molecule has 0 heteroatoms. The third kappa shape index (κ3) is 3.89. The van der Waals surface area contributed by atoms with Crippen LogP contribution in [0, 0.1) is 0 Å². The predicted molar refractivity (Wildman–Crippen MR) is 78.2 cm³/mol. The Bertz CT molecular complexity index is 379. The van der Waals surface area contributed by atoms with Crippen LogP contribution in [0.15, 0.2) is 42.5 Å². The highest BCUT2D eigenvalue weighted by Crippen LogP contribution is 2.23. The molecule has 0 nitrogen and oxygen atoms in total. The van der Waals surface area contributed by atoms with Crippen molar-refractivity contribution in [3.63, 3.8) is 0 Å². The van der Waals surface area contributed by atoms with Crippen LogP contribution in [0.5, 0.6) is 0 Å². The van der Waals surface area contributed by atoms with Gasteiger partial charge in [-0.05, 0) is 42.9 Å². The molecule has 0 aliphatic carbocycles. The molecular formula is C17H24. The van der Waals surface area contributed by atoms with E-state index in [0.717, 1.165) is 0 Å². The SMILES string of the molecule is C/C=C\C(=C/C)c1ccc(C(C)CCC)cc1. The lowest BCUT2D eigenvalue weighted by Gasteiger charge is -2.11. The van der Waals surface area contributed by atoms with Gasteiger partial charge in [0, 0.05) is 0 Å². The van der Waals surface area contributed by atoms with Crippen molar-refractivity contribution in [2.24, 2.45) is 0 Å². The molecule has 1 rings (SSSR count). The lowest BCUT2D eigenvalue weighted by Crippen LogP contribution is -1.93. The molecule has 1 aromatic rings. The Morgan fingerprint density at radius 2 is 1.82 bits per heavy atom. The standard InChI is InChI=1S/C17H24/c1-5-8-14(4)16-10-12-17(13-11-16)15(7-3)9-6-2/h6-7,9-14H,5,8H2,1-4H3/b9-6-,15-7+. The van der Waals surface area contributed by atoms with Crippen LogP contribution in [0.2, 0.25) is 0 Å². The van der Waals surface area contributed by atoms with Gasteiger partial charge in [0.25, 0.3) is 0 Å². The molecule has 0 amide bonds. The molecule has 17 heavy (non-hydrogen) atoms. The topological polar surface area (TPSA) is 0 Å². The van der Waals surface area contributed by atoms with Crippen LogP contribution in [0.1, 0.15) is 57.6 Å². The van der Waals surface area contributed by atoms with Gasteiger partial charge in [-0.25, -0.2) is 0 Å². The summed E-state index contributed by atoms with van der Waals surface area (Å²) in [6.07, 6.45) is 8.92. The van der Waals surface area contributed by atoms with Crippen molar-refractivity contribution in [1.82, 2.24) is 0 Å². The Morgan fingerprint density at radius 1 is 1.18 bits per heavy atom. The van der Waals surface area contributed by atoms with E-state index in [1.807, 2.05) is 0 Å². The molecule has 0 fully saturated rings. The molecule has 0 saturated heterocycles. The molecule has 92 valence electrons. The minimum atomic E-state index is 0.671. The second-order valence-corrected chi connectivity index (χ2v) is 4.56. The molecule has 0 spiro atoms. The highest BCUT2D eigenvalue weighted by atomic mass is 14.1. The number of allylic oxidation sites excluding steroid dienone is 4. The van der Waals surface area contributed by atoms with Gasteiger partial charge in [-0.15, -0.1) is 0 Å². The maximum atomic E-state index is 2.31. The van der Waals surface area contributed by atoms with Gasteiger partial charge in [-0.1, -0.05) is 62.8 Å². The normalized spacial score (nSPS) is 14.2. The summed E-state index contributed by atoms with van der Waals surface area (Å²) in [6.45, 7) is 8.69. The van der Waals surface area contributed by atoms with Crippen molar-refractivity contribution < 1.29 is 0 Å². The first-order chi connectivity index (χ1) is 8.22. The third-order valence-corrected chi connectivity index (χ3v) is 3.19. The Labute approximate surface area is 106 Å². The first kappa shape index (κ1) is 13.8. The van der Waals surface area contributed by atoms with Crippen molar-refractivity contribution in [1.29, 1.82) is 0 Å². The van der Waals surface area contributed by atoms with Crippen LogP contribution >= 0.6 is 0 Å². The summed E-state index contributed by atoms with van der Waals surface area (Å²) in [6, 6.07) is 9.00. The minimum absolute atomic E-state index is 0.671. The summed E-state index contributed by atoms with van der Waals surface area (Å²) in [4.78, 5) is 0. The Kier molecular flexibility index (Phi) is 5.76. The quantitative estimate of drug-likeness (QED) is 0.578. The van der Waals surface area contributed by atoms with Crippen LogP contribution in [0.3, 0.4) is 0 Å². The number of benzene rings is 1. The van der Waals surface area contributed by atoms with Gasteiger partial charge >= 0.3 is 0 Å². The first-order valence-electron chi connectivity index (χ1n) is 6.62. The van der Waals surface area contributed by atoms with E-state index < -0.39 is 0 Å². The Balaban J connectivity index is 2.87. The molecule has 0 aromatic heterocycles. The monoisotopic (exact) mass is 228 g/mol. The largest absolute Gasteiger partial charge is 0.0871 e. The first-order valence-corrected chi connectivity index (χ1v) is 6.62. The summed E-state index contributed by atoms with van der Waals surface area (Å²) >= 11 is 0. The lowest BCUT2D eigenvalue weighted by molar-refractivity contribution is 0.665. The molecular weight excluding hydrogens is 204 g/mol. The number of hydrogen-bond donors (Lipinski definition) is 0. The van der Waals surface area contributed by atoms with Gasteiger partial charge in [0.2, 0.25) is 0 Å². The summed E-state index contributed by atoms with van der Waals surface area (Å²) in [5.74, 6) is 0.671. The van der Waals surface area contributed by atoms with E-state index in [9.17, 15) is 0 Å². The average molecular weight is 228 g/mol. The fourth-order valence-corrected chi connectivity index (χ4v) is 2.14. The van der Waals surface area contributed by atoms with E-state index >= 15 is 0 Å². The van der Waals surface area contributed by atoms with E-state index in [1.54, 1.807) is 0 Å². The van der Waals surface area contributed by atoms with Crippen LogP contribution in [0.4, 0.5) is 0 Å². The van der Waals surface area contributed by atoms with E-state index in [0.29, 0.717) is 5.92 Å². The second kappa shape index (κ2) is 7.11. The van der Waals surface area contributed by atoms with E-state index in [4.69, 9.17) is 0 Å². The maximum absolute atomic E-state index is 2.31. The summed E-state index contributed by atoms with van der Waals surface area (Å²) < 4.78 is 0. The summed E-state index contributed by atoms with van der Waals surface area (Å²) in [5, 5.41) is 0. The smallest absolute Gasteiger partial charge is 0.0187 e. The van der Waals surface area contributed by atoms with Crippen molar-refractivity contribution in [2.75, 3.05) is 0 Å². The Morgan fingerprint density at radius 3 is 2.29 bits per heavy atom. The van der Waals surface area contributed by atoms with Gasteiger partial charge in [0.1, 0.15) is 0 Å². The van der Waals surface area contributed by atoms with Crippen LogP contribution < -0.4 is 0 Å². The minimum Gasteiger partial charge on any atom is -0.0871 e. The second-order valence-electron chi connectivity index (χ2n) is 4.56. The highest BCUT2D eigenvalue weighted by molar-refractivity contribution is 5.73. The fraction of sp³-hybridized carbons (Fsp3) is 0.412. The molecule has 1 atom stereocenters. The van der Waals surface area contributed by atoms with Crippen LogP contribution in [-0.2, 0) is 0 Å². The zero-order valence-corrected chi connectivity index (χ0v) is 11.5. The fourth-order valence-electron chi connectivity index (χ4n) is 2.14. The summed E-state index contributed by atoms with van der Waals surface area (Å²) in [7, 11) is 0. The molecule has 0 radical (unpaired) electrons. The Hall–Kier alpha value is -1.30. The van der Waals surface area contributed by atoms with E-state index in [2.05, 4.69) is 70.2 Å². The van der Waals surface area contributed by atoms with E-state index in [1.165, 1.54) is 29.5 Å². The average Bonchev–Trinajstić information content (AvgIpc) is 2.36. The van der Waals surface area contributed by atoms with Gasteiger partial charge in [-0.3, -0.25) is 0 Å². The van der Waals surface area contributed by atoms with Crippen molar-refractivity contribution in [2.45, 2.75) is 46.5 Å². The zero-order chi connectivity index (χ0) is 12.7. The van der Waals surface area contributed by atoms with E-state index in [-0.39, 0.29) is 0 Å². The zero-order valence-electron chi connectivity index (χ0n) is 11.5.